The number of hydrogen-bond acceptors (Lipinski definition) is 8. The van der Waals surface area contributed by atoms with Gasteiger partial charge in [0.15, 0.2) is 0 Å². The van der Waals surface area contributed by atoms with Gasteiger partial charge in [0, 0.05) is 18.7 Å². The summed E-state index contributed by atoms with van der Waals surface area (Å²) >= 11 is 0. The monoisotopic (exact) mass is 779 g/mol. The molecule has 2 heterocycles. The summed E-state index contributed by atoms with van der Waals surface area (Å²) in [5.41, 5.74) is 6.75. The van der Waals surface area contributed by atoms with Gasteiger partial charge in [0.05, 0.1) is 56.0 Å². The lowest BCUT2D eigenvalue weighted by Gasteiger charge is -2.30. The second-order valence-corrected chi connectivity index (χ2v) is 14.5. The number of nitrogens with one attached hydrogen (secondary N) is 3. The van der Waals surface area contributed by atoms with Gasteiger partial charge in [-0.15, -0.1) is 0 Å². The van der Waals surface area contributed by atoms with Gasteiger partial charge in [-0.3, -0.25) is 14.5 Å². The molecule has 4 aromatic carbocycles. The number of aromatic nitrogens is 4. The number of benzene rings is 4. The van der Waals surface area contributed by atoms with E-state index in [2.05, 4.69) is 97.6 Å². The van der Waals surface area contributed by atoms with Crippen LogP contribution in [0, 0.1) is 17.2 Å². The van der Waals surface area contributed by atoms with Gasteiger partial charge in [-0.25, -0.2) is 14.8 Å². The summed E-state index contributed by atoms with van der Waals surface area (Å²) in [4.78, 5) is 59.5. The average Bonchev–Trinajstić information content (AvgIpc) is 3.92. The van der Waals surface area contributed by atoms with Crippen molar-refractivity contribution in [3.63, 3.8) is 0 Å². The molecule has 0 aliphatic heterocycles. The first-order chi connectivity index (χ1) is 28.1. The van der Waals surface area contributed by atoms with E-state index < -0.39 is 12.0 Å². The predicted molar refractivity (Wildman–Crippen MR) is 224 cm³/mol. The molecule has 0 radical (unpaired) electrons. The largest absolute Gasteiger partial charge is 0.453 e. The molecule has 2 aromatic heterocycles. The third kappa shape index (κ3) is 9.96. The van der Waals surface area contributed by atoms with Gasteiger partial charge in [-0.05, 0) is 72.6 Å². The number of imidazole rings is 2. The average molecular weight is 780 g/mol. The molecule has 298 valence electrons. The molecule has 0 fully saturated rings. The van der Waals surface area contributed by atoms with E-state index in [9.17, 15) is 19.6 Å². The zero-order valence-corrected chi connectivity index (χ0v) is 33.5. The van der Waals surface area contributed by atoms with Crippen molar-refractivity contribution in [2.24, 2.45) is 5.92 Å². The van der Waals surface area contributed by atoms with Crippen molar-refractivity contribution >= 4 is 28.7 Å². The van der Waals surface area contributed by atoms with E-state index >= 15 is 0 Å². The van der Waals surface area contributed by atoms with Crippen LogP contribution in [0.25, 0.3) is 44.4 Å². The van der Waals surface area contributed by atoms with E-state index in [1.165, 1.54) is 12.0 Å². The smallest absolute Gasteiger partial charge is 0.407 e. The lowest BCUT2D eigenvalue weighted by Crippen LogP contribution is -2.41. The molecule has 0 saturated heterocycles. The fraction of sp³-hybridized carbons (Fsp3) is 0.289. The Kier molecular flexibility index (Phi) is 13.3. The fourth-order valence-corrected chi connectivity index (χ4v) is 6.94. The molecule has 13 heteroatoms. The van der Waals surface area contributed by atoms with E-state index in [0.717, 1.165) is 62.2 Å². The zero-order chi connectivity index (χ0) is 41.2. The van der Waals surface area contributed by atoms with Crippen LogP contribution in [0.5, 0.6) is 0 Å². The number of nitrogens with zero attached hydrogens (tertiary/aromatic N) is 6. The number of amides is 3. The Morgan fingerprint density at radius 2 is 1.36 bits per heavy atom. The van der Waals surface area contributed by atoms with Crippen molar-refractivity contribution in [3.05, 3.63) is 121 Å². The number of aromatic amines is 2. The molecule has 58 heavy (non-hydrogen) atoms. The van der Waals surface area contributed by atoms with Crippen molar-refractivity contribution in [1.82, 2.24) is 40.0 Å². The van der Waals surface area contributed by atoms with Gasteiger partial charge < -0.3 is 29.8 Å². The predicted octanol–water partition coefficient (Wildman–Crippen LogP) is 7.17. The minimum absolute atomic E-state index is 0.0474. The summed E-state index contributed by atoms with van der Waals surface area (Å²) in [5, 5.41) is 13.9. The molecule has 0 saturated carbocycles. The van der Waals surface area contributed by atoms with Crippen LogP contribution in [0.2, 0.25) is 0 Å². The number of carbonyl (C=O) groups is 3. The van der Waals surface area contributed by atoms with E-state index in [4.69, 9.17) is 0 Å². The molecule has 0 bridgehead atoms. The molecule has 0 aliphatic carbocycles. The minimum Gasteiger partial charge on any atom is -0.453 e. The van der Waals surface area contributed by atoms with Gasteiger partial charge in [-0.1, -0.05) is 85.8 Å². The molecule has 0 aliphatic rings. The van der Waals surface area contributed by atoms with Gasteiger partial charge >= 0.3 is 6.09 Å². The topological polar surface area (TPSA) is 163 Å². The Bertz CT molecular complexity index is 2380. The number of methoxy groups -OCH3 is 1. The first-order valence-electron chi connectivity index (χ1n) is 19.3. The normalized spacial score (nSPS) is 12.2. The number of rotatable bonds is 16. The number of fused-ring (bicyclic) bond motifs is 1. The van der Waals surface area contributed by atoms with Gasteiger partial charge in [0.25, 0.3) is 0 Å². The lowest BCUT2D eigenvalue weighted by atomic mass is 9.98. The quantitative estimate of drug-likeness (QED) is 0.0931. The van der Waals surface area contributed by atoms with Crippen LogP contribution in [0.3, 0.4) is 0 Å². The molecule has 3 N–H and O–H groups in total. The van der Waals surface area contributed by atoms with Gasteiger partial charge in [0.2, 0.25) is 11.8 Å². The number of ether oxygens (including phenoxy) is 1. The summed E-state index contributed by atoms with van der Waals surface area (Å²) in [7, 11) is 5.09. The second kappa shape index (κ2) is 18.9. The highest BCUT2D eigenvalue weighted by Crippen LogP contribution is 2.30. The molecule has 2 atom stereocenters. The van der Waals surface area contributed by atoms with E-state index in [-0.39, 0.29) is 37.5 Å². The molecule has 0 spiro atoms. The first kappa shape index (κ1) is 40.9. The Balaban J connectivity index is 1.12. The van der Waals surface area contributed by atoms with E-state index in [0.29, 0.717) is 18.9 Å². The standard InChI is InChI=1S/C45H49N9O4/c1-6-20-53(44(56)43(52(3)4)33-10-8-7-9-11-33)28-40-47-24-38(50-40)32-14-12-31(13-15-32)34-16-17-36-22-37(19-18-35(36)21-34)39-25-48-41(51-39)29-54(27-30(2)23-46)42(55)26-49-45(57)58-5/h7-19,21-22,24-25,30,43H,6,20,26-29H2,1-5H3,(H,47,50)(H,48,51)(H,49,57)/t30-,43+/m0/s1. The number of alkyl carbamates (subject to hydrolysis) is 1. The van der Waals surface area contributed by atoms with Crippen LogP contribution >= 0.6 is 0 Å². The number of hydrogen-bond donors (Lipinski definition) is 3. The third-order valence-electron chi connectivity index (χ3n) is 9.93. The van der Waals surface area contributed by atoms with Crippen LogP contribution in [0.4, 0.5) is 4.79 Å². The Morgan fingerprint density at radius 1 is 0.793 bits per heavy atom. The van der Waals surface area contributed by atoms with Crippen molar-refractivity contribution in [3.8, 4) is 39.7 Å². The number of carbonyl (C=O) groups excluding carboxylic acids is 3. The summed E-state index contributed by atoms with van der Waals surface area (Å²) in [6, 6.07) is 32.6. The maximum atomic E-state index is 13.8. The zero-order valence-electron chi connectivity index (χ0n) is 33.5. The Labute approximate surface area is 338 Å². The van der Waals surface area contributed by atoms with Crippen LogP contribution in [-0.4, -0.2) is 93.4 Å². The Hall–Kier alpha value is -6.78. The van der Waals surface area contributed by atoms with Gasteiger partial charge in [-0.2, -0.15) is 5.26 Å². The van der Waals surface area contributed by atoms with E-state index in [1.807, 2.05) is 66.5 Å². The van der Waals surface area contributed by atoms with Crippen LogP contribution < -0.4 is 5.32 Å². The number of H-pyrrole nitrogens is 2. The van der Waals surface area contributed by atoms with E-state index in [1.54, 1.807) is 13.1 Å². The molecule has 6 aromatic rings. The maximum absolute atomic E-state index is 13.8. The van der Waals surface area contributed by atoms with Crippen molar-refractivity contribution in [2.45, 2.75) is 39.4 Å². The fourth-order valence-electron chi connectivity index (χ4n) is 6.94. The summed E-state index contributed by atoms with van der Waals surface area (Å²) < 4.78 is 4.57. The maximum Gasteiger partial charge on any atom is 0.407 e. The minimum atomic E-state index is -0.706. The summed E-state index contributed by atoms with van der Waals surface area (Å²) in [5.74, 6) is 0.583. The molecular formula is C45H49N9O4. The molecule has 3 amide bonds. The molecular weight excluding hydrogens is 731 g/mol. The highest BCUT2D eigenvalue weighted by atomic mass is 16.5. The van der Waals surface area contributed by atoms with Crippen molar-refractivity contribution in [1.29, 1.82) is 5.26 Å². The van der Waals surface area contributed by atoms with Crippen LogP contribution in [0.1, 0.15) is 43.5 Å². The van der Waals surface area contributed by atoms with Gasteiger partial charge in [0.1, 0.15) is 24.2 Å². The summed E-state index contributed by atoms with van der Waals surface area (Å²) in [6.45, 7) is 4.91. The molecule has 13 nitrogen and oxygen atoms in total. The first-order valence-corrected chi connectivity index (χ1v) is 19.3. The molecule has 6 rings (SSSR count). The third-order valence-corrected chi connectivity index (χ3v) is 9.93. The SMILES string of the molecule is CCCN(Cc1ncc(-c2ccc(-c3ccc4cc(-c5cnc(CN(C[C@@H](C)C#N)C(=O)CNC(=O)OC)[nH]5)ccc4c3)cc2)[nH]1)C(=O)[C@@H](c1ccccc1)N(C)C. The van der Waals surface area contributed by atoms with Crippen LogP contribution in [-0.2, 0) is 27.4 Å². The highest BCUT2D eigenvalue weighted by Gasteiger charge is 2.28. The summed E-state index contributed by atoms with van der Waals surface area (Å²) in [6.07, 6.45) is 3.69. The lowest BCUT2D eigenvalue weighted by molar-refractivity contribution is -0.137. The van der Waals surface area contributed by atoms with Crippen molar-refractivity contribution < 1.29 is 19.1 Å². The number of nitriles is 1. The second-order valence-electron chi connectivity index (χ2n) is 14.5. The Morgan fingerprint density at radius 3 is 1.97 bits per heavy atom. The van der Waals surface area contributed by atoms with Crippen molar-refractivity contribution in [2.75, 3.05) is 40.8 Å². The number of likely N-dealkylation sites (N-methyl/N-ethyl adjacent to an activating group) is 1. The molecule has 0 unspecified atom stereocenters. The highest BCUT2D eigenvalue weighted by molar-refractivity contribution is 5.90. The van der Waals surface area contributed by atoms with Crippen LogP contribution in [0.15, 0.2) is 103 Å².